The summed E-state index contributed by atoms with van der Waals surface area (Å²) < 4.78 is 40.9. The van der Waals surface area contributed by atoms with Crippen molar-refractivity contribution >= 4 is 38.9 Å². The molecule has 7 heteroatoms. The Morgan fingerprint density at radius 2 is 1.91 bits per heavy atom. The van der Waals surface area contributed by atoms with Crippen molar-refractivity contribution in [1.29, 1.82) is 0 Å². The summed E-state index contributed by atoms with van der Waals surface area (Å²) in [7, 11) is -3.86. The normalized spacial score (nSPS) is 17.9. The molecular formula is C16H14Cl2FNO2S. The highest BCUT2D eigenvalue weighted by atomic mass is 35.5. The second-order valence-electron chi connectivity index (χ2n) is 5.54. The predicted molar refractivity (Wildman–Crippen MR) is 90.3 cm³/mol. The van der Waals surface area contributed by atoms with Gasteiger partial charge in [0.25, 0.3) is 10.0 Å². The molecule has 1 heterocycles. The molecule has 1 aliphatic rings. The first kappa shape index (κ1) is 16.6. The first-order chi connectivity index (χ1) is 10.8. The molecule has 0 saturated carbocycles. The number of nitrogens with zero attached hydrogens (tertiary/aromatic N) is 1. The Labute approximate surface area is 144 Å². The Bertz CT molecular complexity index is 870. The van der Waals surface area contributed by atoms with Crippen LogP contribution in [0, 0.1) is 5.82 Å². The highest BCUT2D eigenvalue weighted by Gasteiger charge is 2.35. The SMILES string of the molecule is CC1CCc2cc(F)ccc2N1S(=O)(=O)c1ccc(Cl)cc1Cl. The number of aryl methyl sites for hydroxylation is 1. The molecule has 0 N–H and O–H groups in total. The molecule has 1 unspecified atom stereocenters. The van der Waals surface area contributed by atoms with E-state index in [0.29, 0.717) is 29.1 Å². The van der Waals surface area contributed by atoms with Gasteiger partial charge in [-0.25, -0.2) is 12.8 Å². The lowest BCUT2D eigenvalue weighted by Gasteiger charge is -2.36. The molecule has 1 aliphatic heterocycles. The van der Waals surface area contributed by atoms with Crippen LogP contribution in [0.3, 0.4) is 0 Å². The van der Waals surface area contributed by atoms with Gasteiger partial charge in [0, 0.05) is 11.1 Å². The van der Waals surface area contributed by atoms with Gasteiger partial charge in [-0.15, -0.1) is 0 Å². The van der Waals surface area contributed by atoms with Gasteiger partial charge in [0.05, 0.1) is 10.7 Å². The van der Waals surface area contributed by atoms with Gasteiger partial charge < -0.3 is 0 Å². The summed E-state index contributed by atoms with van der Waals surface area (Å²) in [5.74, 6) is -0.375. The largest absolute Gasteiger partial charge is 0.266 e. The minimum atomic E-state index is -3.86. The van der Waals surface area contributed by atoms with E-state index in [1.54, 1.807) is 0 Å². The zero-order valence-corrected chi connectivity index (χ0v) is 14.6. The number of anilines is 1. The van der Waals surface area contributed by atoms with Gasteiger partial charge >= 0.3 is 0 Å². The van der Waals surface area contributed by atoms with Gasteiger partial charge in [0.15, 0.2) is 0 Å². The molecule has 122 valence electrons. The fourth-order valence-electron chi connectivity index (χ4n) is 2.85. The van der Waals surface area contributed by atoms with Crippen LogP contribution in [0.25, 0.3) is 0 Å². The summed E-state index contributed by atoms with van der Waals surface area (Å²) in [5, 5.41) is 0.432. The Balaban J connectivity index is 2.16. The van der Waals surface area contributed by atoms with Gasteiger partial charge in [-0.2, -0.15) is 0 Å². The third kappa shape index (κ3) is 2.93. The van der Waals surface area contributed by atoms with E-state index < -0.39 is 10.0 Å². The van der Waals surface area contributed by atoms with Crippen molar-refractivity contribution in [2.24, 2.45) is 0 Å². The van der Waals surface area contributed by atoms with E-state index in [9.17, 15) is 12.8 Å². The van der Waals surface area contributed by atoms with E-state index in [-0.39, 0.29) is 21.8 Å². The smallest absolute Gasteiger partial charge is 0.263 e. The number of fused-ring (bicyclic) bond motifs is 1. The molecule has 0 bridgehead atoms. The Kier molecular flexibility index (Phi) is 4.29. The fourth-order valence-corrected chi connectivity index (χ4v) is 5.32. The molecule has 1 atom stereocenters. The average molecular weight is 374 g/mol. The summed E-state index contributed by atoms with van der Waals surface area (Å²) in [6.45, 7) is 1.83. The maximum absolute atomic E-state index is 13.4. The second-order valence-corrected chi connectivity index (χ2v) is 8.16. The van der Waals surface area contributed by atoms with Crippen LogP contribution in [-0.4, -0.2) is 14.5 Å². The molecule has 3 nitrogen and oxygen atoms in total. The Hall–Kier alpha value is -1.30. The van der Waals surface area contributed by atoms with Crippen molar-refractivity contribution in [3.8, 4) is 0 Å². The monoisotopic (exact) mass is 373 g/mol. The molecule has 0 aliphatic carbocycles. The van der Waals surface area contributed by atoms with E-state index >= 15 is 0 Å². The minimum Gasteiger partial charge on any atom is -0.263 e. The quantitative estimate of drug-likeness (QED) is 0.767. The van der Waals surface area contributed by atoms with Gasteiger partial charge in [-0.3, -0.25) is 4.31 Å². The summed E-state index contributed by atoms with van der Waals surface area (Å²) in [4.78, 5) is -0.00686. The van der Waals surface area contributed by atoms with Crippen molar-refractivity contribution < 1.29 is 12.8 Å². The van der Waals surface area contributed by atoms with E-state index in [1.807, 2.05) is 6.92 Å². The lowest BCUT2D eigenvalue weighted by molar-refractivity contribution is 0.560. The number of sulfonamides is 1. The highest BCUT2D eigenvalue weighted by Crippen LogP contribution is 2.37. The van der Waals surface area contributed by atoms with Crippen LogP contribution in [0.15, 0.2) is 41.3 Å². The molecular weight excluding hydrogens is 360 g/mol. The zero-order chi connectivity index (χ0) is 16.8. The Morgan fingerprint density at radius 3 is 2.61 bits per heavy atom. The van der Waals surface area contributed by atoms with E-state index in [0.717, 1.165) is 0 Å². The molecule has 0 aromatic heterocycles. The van der Waals surface area contributed by atoms with Crippen molar-refractivity contribution in [3.05, 3.63) is 57.8 Å². The molecule has 3 rings (SSSR count). The van der Waals surface area contributed by atoms with E-state index in [4.69, 9.17) is 23.2 Å². The van der Waals surface area contributed by atoms with E-state index in [2.05, 4.69) is 0 Å². The molecule has 0 saturated heterocycles. The maximum atomic E-state index is 13.4. The number of benzene rings is 2. The number of halogens is 3. The molecule has 0 radical (unpaired) electrons. The molecule has 2 aromatic carbocycles. The van der Waals surface area contributed by atoms with Crippen molar-refractivity contribution in [3.63, 3.8) is 0 Å². The molecule has 23 heavy (non-hydrogen) atoms. The number of hydrogen-bond acceptors (Lipinski definition) is 2. The van der Waals surface area contributed by atoms with Crippen molar-refractivity contribution in [2.75, 3.05) is 4.31 Å². The van der Waals surface area contributed by atoms with Crippen molar-refractivity contribution in [1.82, 2.24) is 0 Å². The Morgan fingerprint density at radius 1 is 1.17 bits per heavy atom. The van der Waals surface area contributed by atoms with Crippen LogP contribution in [0.4, 0.5) is 10.1 Å². The minimum absolute atomic E-state index is 0.00686. The number of hydrogen-bond donors (Lipinski definition) is 0. The van der Waals surface area contributed by atoms with E-state index in [1.165, 1.54) is 40.7 Å². The molecule has 2 aromatic rings. The topological polar surface area (TPSA) is 37.4 Å². The first-order valence-corrected chi connectivity index (χ1v) is 9.28. The van der Waals surface area contributed by atoms with Gasteiger partial charge in [-0.05, 0) is 61.7 Å². The third-order valence-corrected chi connectivity index (χ3v) is 6.59. The first-order valence-electron chi connectivity index (χ1n) is 7.08. The van der Waals surface area contributed by atoms with Crippen LogP contribution < -0.4 is 4.31 Å². The summed E-state index contributed by atoms with van der Waals surface area (Å²) in [5.41, 5.74) is 1.17. The van der Waals surface area contributed by atoms with Crippen molar-refractivity contribution in [2.45, 2.75) is 30.7 Å². The lowest BCUT2D eigenvalue weighted by atomic mass is 9.99. The number of rotatable bonds is 2. The molecule has 0 spiro atoms. The molecule has 0 amide bonds. The van der Waals surface area contributed by atoms with Gasteiger partial charge in [0.1, 0.15) is 10.7 Å². The van der Waals surface area contributed by atoms with Gasteiger partial charge in [-0.1, -0.05) is 23.2 Å². The van der Waals surface area contributed by atoms with Crippen LogP contribution in [-0.2, 0) is 16.4 Å². The summed E-state index contributed by atoms with van der Waals surface area (Å²) in [6, 6.07) is 8.18. The zero-order valence-electron chi connectivity index (χ0n) is 12.3. The third-order valence-electron chi connectivity index (χ3n) is 3.94. The summed E-state index contributed by atoms with van der Waals surface area (Å²) >= 11 is 11.9. The second kappa shape index (κ2) is 5.96. The fraction of sp³-hybridized carbons (Fsp3) is 0.250. The average Bonchev–Trinajstić information content (AvgIpc) is 2.46. The van der Waals surface area contributed by atoms with Crippen LogP contribution in [0.2, 0.25) is 10.0 Å². The van der Waals surface area contributed by atoms with Crippen LogP contribution >= 0.6 is 23.2 Å². The van der Waals surface area contributed by atoms with Crippen LogP contribution in [0.5, 0.6) is 0 Å². The summed E-state index contributed by atoms with van der Waals surface area (Å²) in [6.07, 6.45) is 1.25. The lowest BCUT2D eigenvalue weighted by Crippen LogP contribution is -2.42. The van der Waals surface area contributed by atoms with Crippen LogP contribution in [0.1, 0.15) is 18.9 Å². The highest BCUT2D eigenvalue weighted by molar-refractivity contribution is 7.93. The maximum Gasteiger partial charge on any atom is 0.266 e. The predicted octanol–water partition coefficient (Wildman–Crippen LogP) is 4.66. The standard InChI is InChI=1S/C16H14Cl2FNO2S/c1-10-2-3-11-8-13(19)5-6-15(11)20(10)23(21,22)16-7-4-12(17)9-14(16)18/h4-10H,2-3H2,1H3. The van der Waals surface area contributed by atoms with Gasteiger partial charge in [0.2, 0.25) is 0 Å². The molecule has 0 fully saturated rings.